The van der Waals surface area contributed by atoms with E-state index >= 15 is 4.39 Å². The lowest BCUT2D eigenvalue weighted by Gasteiger charge is -2.26. The van der Waals surface area contributed by atoms with Crippen LogP contribution in [0.25, 0.3) is 11.3 Å². The molecule has 4 heterocycles. The smallest absolute Gasteiger partial charge is 0.287 e. The molecule has 0 saturated carbocycles. The molecule has 226 valence electrons. The Morgan fingerprint density at radius 3 is 2.79 bits per heavy atom. The number of rotatable bonds is 7. The van der Waals surface area contributed by atoms with Crippen molar-refractivity contribution in [2.75, 3.05) is 23.7 Å². The summed E-state index contributed by atoms with van der Waals surface area (Å²) in [7, 11) is 0. The van der Waals surface area contributed by atoms with Crippen molar-refractivity contribution in [3.63, 3.8) is 0 Å². The number of amides is 1. The second-order valence-corrected chi connectivity index (χ2v) is 12.8. The molecule has 1 aromatic carbocycles. The molecule has 0 fully saturated rings. The third-order valence-electron chi connectivity index (χ3n) is 7.92. The zero-order chi connectivity index (χ0) is 30.6. The van der Waals surface area contributed by atoms with Crippen molar-refractivity contribution in [2.24, 2.45) is 5.41 Å². The van der Waals surface area contributed by atoms with Gasteiger partial charge < -0.3 is 15.7 Å². The number of alkyl halides is 2. The van der Waals surface area contributed by atoms with Gasteiger partial charge in [-0.15, -0.1) is 11.3 Å². The minimum atomic E-state index is -2.44. The average Bonchev–Trinajstić information content (AvgIpc) is 3.59. The van der Waals surface area contributed by atoms with E-state index in [0.29, 0.717) is 42.3 Å². The second kappa shape index (κ2) is 10.9. The van der Waals surface area contributed by atoms with E-state index in [-0.39, 0.29) is 34.6 Å². The summed E-state index contributed by atoms with van der Waals surface area (Å²) in [5.74, 6) is -0.873. The number of aryl methyl sites for hydroxylation is 1. The largest absolute Gasteiger partial charge is 0.388 e. The van der Waals surface area contributed by atoms with Crippen molar-refractivity contribution in [3.05, 3.63) is 73.1 Å². The molecule has 14 heteroatoms. The van der Waals surface area contributed by atoms with Crippen LogP contribution in [0.3, 0.4) is 0 Å². The van der Waals surface area contributed by atoms with Gasteiger partial charge in [0.15, 0.2) is 11.6 Å². The quantitative estimate of drug-likeness (QED) is 0.235. The van der Waals surface area contributed by atoms with Crippen molar-refractivity contribution >= 4 is 34.4 Å². The van der Waals surface area contributed by atoms with Gasteiger partial charge in [0.05, 0.1) is 41.1 Å². The second-order valence-electron chi connectivity index (χ2n) is 11.6. The summed E-state index contributed by atoms with van der Waals surface area (Å²) >= 11 is 1.29. The standard InChI is InChI=1S/C29H30F3N7O3S/c1-14-4-5-16(24(32)25(14)34-28(42)20-9-17-21(43-20)11-29(2,3)26(17)40)18-10-19(27(41)36-35-18)33-23-8-15-12-38(13-22(30)31)6-7-39(15)37-23/h4-5,8-10,22,26,40H,6-7,11-13H2,1-3H3,(H,34,42)(H,36,41)(H,33,35,37). The van der Waals surface area contributed by atoms with E-state index in [9.17, 15) is 23.5 Å². The van der Waals surface area contributed by atoms with Crippen molar-refractivity contribution < 1.29 is 23.1 Å². The molecule has 6 rings (SSSR count). The van der Waals surface area contributed by atoms with E-state index in [1.54, 1.807) is 34.7 Å². The summed E-state index contributed by atoms with van der Waals surface area (Å²) in [6.07, 6.45) is -2.46. The molecule has 10 nitrogen and oxygen atoms in total. The van der Waals surface area contributed by atoms with Crippen LogP contribution < -0.4 is 16.2 Å². The first-order valence-electron chi connectivity index (χ1n) is 13.7. The van der Waals surface area contributed by atoms with E-state index in [1.165, 1.54) is 23.5 Å². The van der Waals surface area contributed by atoms with Crippen LogP contribution in [-0.2, 0) is 19.5 Å². The Labute approximate surface area is 248 Å². The number of aromatic nitrogens is 4. The molecule has 1 aliphatic heterocycles. The molecular weight excluding hydrogens is 583 g/mol. The zero-order valence-corrected chi connectivity index (χ0v) is 24.5. The fraction of sp³-hybridized carbons (Fsp3) is 0.379. The summed E-state index contributed by atoms with van der Waals surface area (Å²) in [5, 5.41) is 27.0. The van der Waals surface area contributed by atoms with Gasteiger partial charge in [-0.05, 0) is 48.1 Å². The molecule has 1 aliphatic carbocycles. The number of benzene rings is 1. The predicted octanol–water partition coefficient (Wildman–Crippen LogP) is 4.83. The Hall–Kier alpha value is -4.01. The maximum Gasteiger partial charge on any atom is 0.287 e. The number of nitrogens with zero attached hydrogens (tertiary/aromatic N) is 4. The van der Waals surface area contributed by atoms with Crippen LogP contribution >= 0.6 is 11.3 Å². The van der Waals surface area contributed by atoms with Crippen molar-refractivity contribution in [1.29, 1.82) is 0 Å². The number of aromatic amines is 1. The molecule has 0 bridgehead atoms. The van der Waals surface area contributed by atoms with Gasteiger partial charge in [-0.1, -0.05) is 19.9 Å². The van der Waals surface area contributed by atoms with Crippen LogP contribution in [0.4, 0.5) is 30.4 Å². The fourth-order valence-corrected chi connectivity index (χ4v) is 6.89. The minimum Gasteiger partial charge on any atom is -0.388 e. The highest BCUT2D eigenvalue weighted by molar-refractivity contribution is 7.14. The monoisotopic (exact) mass is 613 g/mol. The van der Waals surface area contributed by atoms with Crippen LogP contribution in [0.15, 0.2) is 35.1 Å². The molecule has 4 aromatic rings. The first-order chi connectivity index (χ1) is 20.4. The van der Waals surface area contributed by atoms with Gasteiger partial charge in [0.25, 0.3) is 17.9 Å². The number of fused-ring (bicyclic) bond motifs is 2. The van der Waals surface area contributed by atoms with Crippen molar-refractivity contribution in [3.8, 4) is 11.3 Å². The first-order valence-corrected chi connectivity index (χ1v) is 14.6. The van der Waals surface area contributed by atoms with Crippen LogP contribution in [-0.4, -0.2) is 55.4 Å². The van der Waals surface area contributed by atoms with E-state index < -0.39 is 29.8 Å². The van der Waals surface area contributed by atoms with Gasteiger partial charge in [-0.25, -0.2) is 18.3 Å². The Balaban J connectivity index is 1.23. The van der Waals surface area contributed by atoms with Gasteiger partial charge in [0, 0.05) is 29.6 Å². The lowest BCUT2D eigenvalue weighted by Crippen LogP contribution is -2.36. The summed E-state index contributed by atoms with van der Waals surface area (Å²) in [6.45, 7) is 6.43. The molecule has 1 amide bonds. The topological polar surface area (TPSA) is 128 Å². The van der Waals surface area contributed by atoms with Gasteiger partial charge >= 0.3 is 0 Å². The molecule has 1 atom stereocenters. The summed E-state index contributed by atoms with van der Waals surface area (Å²) in [6, 6.07) is 7.88. The number of thiophene rings is 1. The van der Waals surface area contributed by atoms with E-state index in [4.69, 9.17) is 0 Å². The maximum atomic E-state index is 15.9. The molecule has 2 aliphatic rings. The SMILES string of the molecule is Cc1ccc(-c2cc(Nc3cc4n(n3)CCN(CC(F)F)C4)c(=O)[nH]n2)c(F)c1NC(=O)c1cc2c(s1)CC(C)(C)C2O. The molecule has 0 saturated heterocycles. The predicted molar refractivity (Wildman–Crippen MR) is 156 cm³/mol. The molecule has 43 heavy (non-hydrogen) atoms. The van der Waals surface area contributed by atoms with Gasteiger partial charge in [-0.3, -0.25) is 19.2 Å². The Morgan fingerprint density at radius 1 is 1.26 bits per heavy atom. The van der Waals surface area contributed by atoms with Crippen LogP contribution in [0, 0.1) is 18.2 Å². The van der Waals surface area contributed by atoms with Gasteiger partial charge in [0.1, 0.15) is 5.69 Å². The lowest BCUT2D eigenvalue weighted by atomic mass is 9.88. The van der Waals surface area contributed by atoms with Crippen LogP contribution in [0.1, 0.15) is 51.3 Å². The minimum absolute atomic E-state index is 0.0189. The summed E-state index contributed by atoms with van der Waals surface area (Å²) in [5.41, 5.74) is 1.28. The number of aliphatic hydroxyl groups is 1. The molecule has 3 aromatic heterocycles. The number of hydrogen-bond acceptors (Lipinski definition) is 8. The maximum absolute atomic E-state index is 15.9. The number of H-pyrrole nitrogens is 1. The molecule has 0 spiro atoms. The van der Waals surface area contributed by atoms with Crippen molar-refractivity contribution in [1.82, 2.24) is 24.9 Å². The van der Waals surface area contributed by atoms with Gasteiger partial charge in [0.2, 0.25) is 0 Å². The number of carbonyl (C=O) groups is 1. The fourth-order valence-electron chi connectivity index (χ4n) is 5.56. The highest BCUT2D eigenvalue weighted by atomic mass is 32.1. The molecule has 0 radical (unpaired) electrons. The van der Waals surface area contributed by atoms with E-state index in [1.807, 2.05) is 13.8 Å². The van der Waals surface area contributed by atoms with E-state index in [0.717, 1.165) is 16.1 Å². The normalized spacial score (nSPS) is 17.6. The molecule has 4 N–H and O–H groups in total. The number of aliphatic hydroxyl groups excluding tert-OH is 1. The van der Waals surface area contributed by atoms with Gasteiger partial charge in [-0.2, -0.15) is 10.2 Å². The summed E-state index contributed by atoms with van der Waals surface area (Å²) in [4.78, 5) is 28.7. The highest BCUT2D eigenvalue weighted by Crippen LogP contribution is 2.48. The van der Waals surface area contributed by atoms with Crippen LogP contribution in [0.5, 0.6) is 0 Å². The highest BCUT2D eigenvalue weighted by Gasteiger charge is 2.40. The number of anilines is 3. The zero-order valence-electron chi connectivity index (χ0n) is 23.7. The molecular formula is C29H30F3N7O3S. The number of halogens is 3. The Bertz CT molecular complexity index is 1780. The lowest BCUT2D eigenvalue weighted by molar-refractivity contribution is 0.0665. The number of carbonyl (C=O) groups excluding carboxylic acids is 1. The first kappa shape index (κ1) is 29.1. The molecule has 1 unspecified atom stereocenters. The Morgan fingerprint density at radius 2 is 2.05 bits per heavy atom. The third kappa shape index (κ3) is 5.57. The third-order valence-corrected chi connectivity index (χ3v) is 9.07. The average molecular weight is 614 g/mol. The summed E-state index contributed by atoms with van der Waals surface area (Å²) < 4.78 is 43.2. The van der Waals surface area contributed by atoms with E-state index in [2.05, 4.69) is 25.9 Å². The number of hydrogen-bond donors (Lipinski definition) is 4. The Kier molecular flexibility index (Phi) is 7.39. The number of nitrogens with one attached hydrogen (secondary N) is 3. The van der Waals surface area contributed by atoms with Crippen LogP contribution in [0.2, 0.25) is 0 Å². The van der Waals surface area contributed by atoms with Crippen molar-refractivity contribution in [2.45, 2.75) is 52.8 Å².